The van der Waals surface area contributed by atoms with Crippen LogP contribution in [0.4, 0.5) is 4.39 Å². The van der Waals surface area contributed by atoms with Gasteiger partial charge in [0.2, 0.25) is 5.82 Å². The second-order valence-electron chi connectivity index (χ2n) is 6.40. The van der Waals surface area contributed by atoms with Crippen LogP contribution in [0.25, 0.3) is 5.69 Å². The van der Waals surface area contributed by atoms with Crippen molar-refractivity contribution in [2.45, 2.75) is 26.2 Å². The molecule has 128 valence electrons. The van der Waals surface area contributed by atoms with Crippen LogP contribution < -0.4 is 0 Å². The van der Waals surface area contributed by atoms with E-state index < -0.39 is 5.82 Å². The molecule has 1 unspecified atom stereocenters. The molecule has 1 fully saturated rings. The maximum atomic E-state index is 14.1. The van der Waals surface area contributed by atoms with Crippen LogP contribution in [0.15, 0.2) is 24.3 Å². The average molecular weight is 332 g/mol. The molecule has 0 radical (unpaired) electrons. The average Bonchev–Trinajstić information content (AvgIpc) is 3.22. The first-order chi connectivity index (χ1) is 11.5. The third kappa shape index (κ3) is 3.03. The molecule has 0 spiro atoms. The van der Waals surface area contributed by atoms with Crippen LogP contribution in [0.5, 0.6) is 0 Å². The molecule has 0 bridgehead atoms. The van der Waals surface area contributed by atoms with Crippen LogP contribution in [0.3, 0.4) is 0 Å². The fourth-order valence-electron chi connectivity index (χ4n) is 2.90. The third-order valence-corrected chi connectivity index (χ3v) is 4.25. The minimum Gasteiger partial charge on any atom is -0.396 e. The topological polar surface area (TPSA) is 71.2 Å². The van der Waals surface area contributed by atoms with Gasteiger partial charge >= 0.3 is 0 Å². The largest absolute Gasteiger partial charge is 0.396 e. The van der Waals surface area contributed by atoms with Crippen LogP contribution in [0, 0.1) is 11.7 Å². The molecule has 2 heterocycles. The molecule has 0 aliphatic carbocycles. The summed E-state index contributed by atoms with van der Waals surface area (Å²) in [6.07, 6.45) is 0.771. The highest BCUT2D eigenvalue weighted by Crippen LogP contribution is 2.22. The SMILES string of the molecule is CC(C)c1nc(C(=O)N2CCC(CO)C2)nn1-c1ccccc1F. The van der Waals surface area contributed by atoms with Crippen LogP contribution in [-0.2, 0) is 0 Å². The summed E-state index contributed by atoms with van der Waals surface area (Å²) < 4.78 is 15.5. The minimum atomic E-state index is -0.412. The van der Waals surface area contributed by atoms with E-state index in [-0.39, 0.29) is 35.9 Å². The van der Waals surface area contributed by atoms with Crippen LogP contribution in [-0.4, -0.2) is 50.4 Å². The molecule has 24 heavy (non-hydrogen) atoms. The van der Waals surface area contributed by atoms with E-state index in [0.29, 0.717) is 18.9 Å². The number of aliphatic hydroxyl groups is 1. The molecule has 1 aromatic heterocycles. The fraction of sp³-hybridized carbons (Fsp3) is 0.471. The van der Waals surface area contributed by atoms with Crippen LogP contribution >= 0.6 is 0 Å². The molecule has 1 amide bonds. The lowest BCUT2D eigenvalue weighted by Crippen LogP contribution is -2.30. The van der Waals surface area contributed by atoms with Crippen molar-refractivity contribution in [1.29, 1.82) is 0 Å². The number of hydrogen-bond acceptors (Lipinski definition) is 4. The Balaban J connectivity index is 1.95. The fourth-order valence-corrected chi connectivity index (χ4v) is 2.90. The highest BCUT2D eigenvalue weighted by Gasteiger charge is 2.30. The Morgan fingerprint density at radius 3 is 2.79 bits per heavy atom. The number of nitrogens with zero attached hydrogens (tertiary/aromatic N) is 4. The number of amides is 1. The summed E-state index contributed by atoms with van der Waals surface area (Å²) >= 11 is 0. The highest BCUT2D eigenvalue weighted by atomic mass is 19.1. The number of halogens is 1. The van der Waals surface area contributed by atoms with E-state index in [4.69, 9.17) is 0 Å². The number of aromatic nitrogens is 3. The van der Waals surface area contributed by atoms with Crippen molar-refractivity contribution in [3.63, 3.8) is 0 Å². The van der Waals surface area contributed by atoms with Crippen molar-refractivity contribution in [3.05, 3.63) is 41.7 Å². The molecule has 0 saturated carbocycles. The predicted molar refractivity (Wildman–Crippen MR) is 86.5 cm³/mol. The summed E-state index contributed by atoms with van der Waals surface area (Å²) in [5.74, 6) is 0.0178. The van der Waals surface area contributed by atoms with Gasteiger partial charge in [-0.25, -0.2) is 14.1 Å². The zero-order chi connectivity index (χ0) is 17.3. The number of likely N-dealkylation sites (tertiary alicyclic amines) is 1. The van der Waals surface area contributed by atoms with Gasteiger partial charge in [-0.2, -0.15) is 0 Å². The van der Waals surface area contributed by atoms with E-state index in [1.807, 2.05) is 13.8 Å². The number of benzene rings is 1. The quantitative estimate of drug-likeness (QED) is 0.929. The lowest BCUT2D eigenvalue weighted by Gasteiger charge is -2.13. The standard InChI is InChI=1S/C17H21FN4O2/c1-11(2)16-19-15(17(24)21-8-7-12(9-21)10-23)20-22(16)14-6-4-3-5-13(14)18/h3-6,11-12,23H,7-10H2,1-2H3. The van der Waals surface area contributed by atoms with E-state index >= 15 is 0 Å². The normalized spacial score (nSPS) is 17.7. The first-order valence-electron chi connectivity index (χ1n) is 8.13. The number of carbonyl (C=O) groups excluding carboxylic acids is 1. The summed E-state index contributed by atoms with van der Waals surface area (Å²) in [6, 6.07) is 6.30. The van der Waals surface area contributed by atoms with E-state index in [1.165, 1.54) is 10.7 Å². The monoisotopic (exact) mass is 332 g/mol. The van der Waals surface area contributed by atoms with E-state index in [1.54, 1.807) is 23.1 Å². The number of para-hydroxylation sites is 1. The Morgan fingerprint density at radius 2 is 2.17 bits per heavy atom. The Bertz CT molecular complexity index is 744. The number of aliphatic hydroxyl groups excluding tert-OH is 1. The zero-order valence-electron chi connectivity index (χ0n) is 13.8. The van der Waals surface area contributed by atoms with Crippen molar-refractivity contribution in [3.8, 4) is 5.69 Å². The molecule has 1 aliphatic heterocycles. The lowest BCUT2D eigenvalue weighted by molar-refractivity contribution is 0.0769. The third-order valence-electron chi connectivity index (χ3n) is 4.25. The Hall–Kier alpha value is -2.28. The molecule has 1 atom stereocenters. The van der Waals surface area contributed by atoms with Crippen molar-refractivity contribution < 1.29 is 14.3 Å². The van der Waals surface area contributed by atoms with Gasteiger partial charge in [-0.05, 0) is 18.6 Å². The van der Waals surface area contributed by atoms with E-state index in [2.05, 4.69) is 10.1 Å². The van der Waals surface area contributed by atoms with Crippen molar-refractivity contribution in [2.24, 2.45) is 5.92 Å². The Kier molecular flexibility index (Phi) is 4.62. The number of rotatable bonds is 4. The van der Waals surface area contributed by atoms with Gasteiger partial charge in [0.1, 0.15) is 17.3 Å². The molecule has 2 aromatic rings. The molecule has 1 N–H and O–H groups in total. The van der Waals surface area contributed by atoms with E-state index in [9.17, 15) is 14.3 Å². The van der Waals surface area contributed by atoms with Crippen molar-refractivity contribution in [2.75, 3.05) is 19.7 Å². The summed E-state index contributed by atoms with van der Waals surface area (Å²) in [7, 11) is 0. The molecule has 3 rings (SSSR count). The minimum absolute atomic E-state index is 0.0116. The number of hydrogen-bond donors (Lipinski definition) is 1. The van der Waals surface area contributed by atoms with Gasteiger partial charge in [0.25, 0.3) is 5.91 Å². The molecule has 1 aromatic carbocycles. The van der Waals surface area contributed by atoms with Gasteiger partial charge in [-0.1, -0.05) is 26.0 Å². The summed E-state index contributed by atoms with van der Waals surface area (Å²) in [5, 5.41) is 13.5. The second kappa shape index (κ2) is 6.68. The molecule has 1 aliphatic rings. The molecular formula is C17H21FN4O2. The number of carbonyl (C=O) groups is 1. The van der Waals surface area contributed by atoms with E-state index in [0.717, 1.165) is 6.42 Å². The summed E-state index contributed by atoms with van der Waals surface area (Å²) in [6.45, 7) is 4.99. The maximum Gasteiger partial charge on any atom is 0.293 e. The molecule has 1 saturated heterocycles. The van der Waals surface area contributed by atoms with Crippen LogP contribution in [0.2, 0.25) is 0 Å². The molecular weight excluding hydrogens is 311 g/mol. The van der Waals surface area contributed by atoms with Crippen LogP contribution in [0.1, 0.15) is 42.6 Å². The summed E-state index contributed by atoms with van der Waals surface area (Å²) in [4.78, 5) is 18.6. The van der Waals surface area contributed by atoms with Gasteiger partial charge in [-0.15, -0.1) is 5.10 Å². The van der Waals surface area contributed by atoms with Gasteiger partial charge in [0.15, 0.2) is 0 Å². The second-order valence-corrected chi connectivity index (χ2v) is 6.40. The molecule has 7 heteroatoms. The van der Waals surface area contributed by atoms with Crippen molar-refractivity contribution in [1.82, 2.24) is 19.7 Å². The first-order valence-corrected chi connectivity index (χ1v) is 8.13. The summed E-state index contributed by atoms with van der Waals surface area (Å²) in [5.41, 5.74) is 0.280. The maximum absolute atomic E-state index is 14.1. The first kappa shape index (κ1) is 16.6. The Morgan fingerprint density at radius 1 is 1.42 bits per heavy atom. The van der Waals surface area contributed by atoms with Gasteiger partial charge in [-0.3, -0.25) is 4.79 Å². The van der Waals surface area contributed by atoms with Gasteiger partial charge in [0, 0.05) is 31.5 Å². The predicted octanol–water partition coefficient (Wildman–Crippen LogP) is 1.98. The smallest absolute Gasteiger partial charge is 0.293 e. The van der Waals surface area contributed by atoms with Crippen molar-refractivity contribution >= 4 is 5.91 Å². The Labute approximate surface area is 139 Å². The van der Waals surface area contributed by atoms with Gasteiger partial charge < -0.3 is 10.0 Å². The zero-order valence-corrected chi connectivity index (χ0v) is 13.8. The lowest BCUT2D eigenvalue weighted by atomic mass is 10.1. The molecule has 6 nitrogen and oxygen atoms in total. The highest BCUT2D eigenvalue weighted by molar-refractivity contribution is 5.90. The van der Waals surface area contributed by atoms with Gasteiger partial charge in [0.05, 0.1) is 0 Å².